The van der Waals surface area contributed by atoms with Gasteiger partial charge in [-0.3, -0.25) is 0 Å². The van der Waals surface area contributed by atoms with Crippen LogP contribution in [0.2, 0.25) is 0 Å². The van der Waals surface area contributed by atoms with Gasteiger partial charge >= 0.3 is 6.18 Å². The van der Waals surface area contributed by atoms with E-state index in [0.29, 0.717) is 45.3 Å². The Bertz CT molecular complexity index is 1030. The van der Waals surface area contributed by atoms with E-state index in [2.05, 4.69) is 15.5 Å². The fraction of sp³-hybridized carbons (Fsp3) is 0.474. The first-order valence-corrected chi connectivity index (χ1v) is 10.4. The van der Waals surface area contributed by atoms with Gasteiger partial charge in [0.25, 0.3) is 0 Å². The zero-order chi connectivity index (χ0) is 21.5. The van der Waals surface area contributed by atoms with Crippen molar-refractivity contribution in [2.45, 2.75) is 37.9 Å². The zero-order valence-corrected chi connectivity index (χ0v) is 17.1. The summed E-state index contributed by atoms with van der Waals surface area (Å²) in [4.78, 5) is 1.92. The summed E-state index contributed by atoms with van der Waals surface area (Å²) >= 11 is 1.16. The Morgan fingerprint density at radius 3 is 2.77 bits per heavy atom. The summed E-state index contributed by atoms with van der Waals surface area (Å²) < 4.78 is 55.7. The molecule has 0 aliphatic carbocycles. The summed E-state index contributed by atoms with van der Waals surface area (Å²) in [7, 11) is 1.87. The molecule has 3 aromatic rings. The minimum absolute atomic E-state index is 0.165. The highest BCUT2D eigenvalue weighted by molar-refractivity contribution is 7.14. The van der Waals surface area contributed by atoms with Gasteiger partial charge in [-0.15, -0.1) is 10.2 Å². The number of benzene rings is 1. The minimum atomic E-state index is -4.41. The maximum absolute atomic E-state index is 14.5. The second-order valence-electron chi connectivity index (χ2n) is 7.49. The van der Waals surface area contributed by atoms with Gasteiger partial charge in [0, 0.05) is 30.7 Å². The van der Waals surface area contributed by atoms with Crippen LogP contribution in [0.5, 0.6) is 0 Å². The molecule has 0 amide bonds. The number of rotatable bonds is 5. The van der Waals surface area contributed by atoms with E-state index >= 15 is 0 Å². The molecule has 1 saturated heterocycles. The van der Waals surface area contributed by atoms with E-state index in [4.69, 9.17) is 5.73 Å². The lowest BCUT2D eigenvalue weighted by Gasteiger charge is -2.33. The van der Waals surface area contributed by atoms with Crippen LogP contribution in [-0.4, -0.2) is 58.2 Å². The van der Waals surface area contributed by atoms with Crippen LogP contribution in [0.4, 0.5) is 23.2 Å². The average Bonchev–Trinajstić information content (AvgIpc) is 3.28. The number of fused-ring (bicyclic) bond motifs is 1. The number of nitrogens with zero attached hydrogens (tertiary/aromatic N) is 4. The largest absolute Gasteiger partial charge is 0.406 e. The third-order valence-electron chi connectivity index (χ3n) is 5.23. The van der Waals surface area contributed by atoms with E-state index in [9.17, 15) is 17.6 Å². The Balaban J connectivity index is 1.77. The van der Waals surface area contributed by atoms with Crippen LogP contribution >= 0.6 is 11.3 Å². The number of halogens is 4. The van der Waals surface area contributed by atoms with Crippen molar-refractivity contribution in [1.82, 2.24) is 19.7 Å². The quantitative estimate of drug-likeness (QED) is 0.591. The molecule has 2 aromatic heterocycles. The van der Waals surface area contributed by atoms with E-state index in [1.807, 2.05) is 11.9 Å². The molecule has 2 unspecified atom stereocenters. The number of aromatic nitrogens is 3. The van der Waals surface area contributed by atoms with Gasteiger partial charge in [-0.1, -0.05) is 17.4 Å². The molecule has 11 heteroatoms. The number of likely N-dealkylation sites (tertiary alicyclic amines) is 1. The van der Waals surface area contributed by atoms with E-state index in [-0.39, 0.29) is 6.54 Å². The Morgan fingerprint density at radius 1 is 1.30 bits per heavy atom. The Labute approximate surface area is 174 Å². The maximum atomic E-state index is 14.5. The lowest BCUT2D eigenvalue weighted by Crippen LogP contribution is -2.46. The minimum Gasteiger partial charge on any atom is -0.379 e. The molecule has 3 heterocycles. The summed E-state index contributed by atoms with van der Waals surface area (Å²) in [5, 5.41) is 12.7. The van der Waals surface area contributed by atoms with Crippen LogP contribution in [0.1, 0.15) is 11.4 Å². The van der Waals surface area contributed by atoms with Crippen LogP contribution in [0.15, 0.2) is 24.3 Å². The Kier molecular flexibility index (Phi) is 5.69. The number of anilines is 1. The second kappa shape index (κ2) is 8.12. The molecule has 162 valence electrons. The highest BCUT2D eigenvalue weighted by Crippen LogP contribution is 2.36. The molecule has 0 spiro atoms. The van der Waals surface area contributed by atoms with Gasteiger partial charge in [0.15, 0.2) is 5.01 Å². The average molecular weight is 442 g/mol. The van der Waals surface area contributed by atoms with E-state index in [1.165, 1.54) is 4.57 Å². The highest BCUT2D eigenvalue weighted by Gasteiger charge is 2.32. The molecule has 30 heavy (non-hydrogen) atoms. The van der Waals surface area contributed by atoms with Crippen LogP contribution in [0.3, 0.4) is 0 Å². The summed E-state index contributed by atoms with van der Waals surface area (Å²) in [6.07, 6.45) is -4.87. The molecule has 0 bridgehead atoms. The highest BCUT2D eigenvalue weighted by atomic mass is 32.1. The molecular weight excluding hydrogens is 420 g/mol. The van der Waals surface area contributed by atoms with Gasteiger partial charge in [0.1, 0.15) is 17.7 Å². The molecule has 1 aliphatic rings. The second-order valence-corrected chi connectivity index (χ2v) is 8.55. The Hall–Kier alpha value is -2.24. The molecule has 2 atom stereocenters. The van der Waals surface area contributed by atoms with E-state index in [0.717, 1.165) is 17.9 Å². The van der Waals surface area contributed by atoms with Gasteiger partial charge in [-0.05, 0) is 31.7 Å². The number of nitrogens with one attached hydrogen (secondary N) is 1. The van der Waals surface area contributed by atoms with Crippen molar-refractivity contribution < 1.29 is 17.6 Å². The molecule has 1 aromatic carbocycles. The molecule has 0 saturated carbocycles. The zero-order valence-electron chi connectivity index (χ0n) is 16.3. The smallest absolute Gasteiger partial charge is 0.379 e. The van der Waals surface area contributed by atoms with Crippen molar-refractivity contribution in [3.05, 3.63) is 29.3 Å². The van der Waals surface area contributed by atoms with Crippen LogP contribution in [0, 0.1) is 0 Å². The van der Waals surface area contributed by atoms with Gasteiger partial charge < -0.3 is 20.5 Å². The molecular formula is C19H22F4N6S. The SMILES string of the molecule is CN1CCC(Nc2cccc3c2cc(-c2nnc(CN)s2)n3CC(F)(F)F)C(F)C1. The Morgan fingerprint density at radius 2 is 2.10 bits per heavy atom. The van der Waals surface area contributed by atoms with Crippen molar-refractivity contribution >= 4 is 27.9 Å². The van der Waals surface area contributed by atoms with Gasteiger partial charge in [-0.25, -0.2) is 4.39 Å². The topological polar surface area (TPSA) is 72.0 Å². The van der Waals surface area contributed by atoms with Crippen molar-refractivity contribution in [1.29, 1.82) is 0 Å². The monoisotopic (exact) mass is 442 g/mol. The van der Waals surface area contributed by atoms with Gasteiger partial charge in [-0.2, -0.15) is 13.2 Å². The predicted molar refractivity (Wildman–Crippen MR) is 109 cm³/mol. The maximum Gasteiger partial charge on any atom is 0.406 e. The summed E-state index contributed by atoms with van der Waals surface area (Å²) in [5.74, 6) is 0. The predicted octanol–water partition coefficient (Wildman–Crippen LogP) is 3.63. The molecule has 4 rings (SSSR count). The summed E-state index contributed by atoms with van der Waals surface area (Å²) in [6, 6.07) is 6.33. The van der Waals surface area contributed by atoms with Crippen molar-refractivity contribution in [3.63, 3.8) is 0 Å². The number of hydrogen-bond donors (Lipinski definition) is 2. The van der Waals surface area contributed by atoms with E-state index < -0.39 is 24.9 Å². The molecule has 3 N–H and O–H groups in total. The van der Waals surface area contributed by atoms with Crippen molar-refractivity contribution in [3.8, 4) is 10.7 Å². The number of alkyl halides is 4. The third-order valence-corrected chi connectivity index (χ3v) is 6.20. The lowest BCUT2D eigenvalue weighted by atomic mass is 10.0. The molecule has 1 fully saturated rings. The number of nitrogens with two attached hydrogens (primary N) is 1. The lowest BCUT2D eigenvalue weighted by molar-refractivity contribution is -0.139. The molecule has 6 nitrogen and oxygen atoms in total. The van der Waals surface area contributed by atoms with Crippen LogP contribution < -0.4 is 11.1 Å². The van der Waals surface area contributed by atoms with Crippen LogP contribution in [0.25, 0.3) is 21.6 Å². The van der Waals surface area contributed by atoms with E-state index in [1.54, 1.807) is 24.3 Å². The summed E-state index contributed by atoms with van der Waals surface area (Å²) in [6.45, 7) is 0.0758. The molecule has 0 radical (unpaired) electrons. The molecule has 1 aliphatic heterocycles. The number of hydrogen-bond acceptors (Lipinski definition) is 6. The fourth-order valence-corrected chi connectivity index (χ4v) is 4.54. The number of piperidine rings is 1. The van der Waals surface area contributed by atoms with Crippen molar-refractivity contribution in [2.24, 2.45) is 5.73 Å². The van der Waals surface area contributed by atoms with Crippen LogP contribution in [-0.2, 0) is 13.1 Å². The van der Waals surface area contributed by atoms with Gasteiger partial charge in [0.2, 0.25) is 0 Å². The normalized spacial score (nSPS) is 20.7. The third kappa shape index (κ3) is 4.28. The van der Waals surface area contributed by atoms with Crippen molar-refractivity contribution in [2.75, 3.05) is 25.5 Å². The first-order valence-electron chi connectivity index (χ1n) is 9.56. The fourth-order valence-electron chi connectivity index (χ4n) is 3.80. The summed E-state index contributed by atoms with van der Waals surface area (Å²) in [5.41, 5.74) is 6.90. The van der Waals surface area contributed by atoms with Gasteiger partial charge in [0.05, 0.1) is 17.3 Å². The first kappa shape index (κ1) is 21.0. The standard InChI is InChI=1S/C19H22F4N6S/c1-28-6-5-14(12(20)9-28)25-13-3-2-4-15-11(13)7-16(29(15)10-19(21,22)23)18-27-26-17(8-24)30-18/h2-4,7,12,14,25H,5-6,8-10,24H2,1H3. The first-order chi connectivity index (χ1) is 14.2.